The van der Waals surface area contributed by atoms with Crippen LogP contribution in [0.4, 0.5) is 10.2 Å². The maximum Gasteiger partial charge on any atom is 0.254 e. The predicted molar refractivity (Wildman–Crippen MR) is 108 cm³/mol. The molecule has 0 saturated carbocycles. The SMILES string of the molecule is CCSc1nc(N2CCNC(=O)C2)cc(C)c1C(=O)NCc1cccc(F)c1. The molecular formula is C20H23FN4O2S. The third kappa shape index (κ3) is 4.81. The summed E-state index contributed by atoms with van der Waals surface area (Å²) in [5.41, 5.74) is 2.01. The van der Waals surface area contributed by atoms with E-state index in [1.165, 1.54) is 23.9 Å². The second kappa shape index (κ2) is 9.05. The van der Waals surface area contributed by atoms with Crippen LogP contribution in [-0.2, 0) is 11.3 Å². The Kier molecular flexibility index (Phi) is 6.51. The van der Waals surface area contributed by atoms with Crippen LogP contribution in [0, 0.1) is 12.7 Å². The molecule has 1 aromatic heterocycles. The summed E-state index contributed by atoms with van der Waals surface area (Å²) in [5, 5.41) is 6.29. The number of hydrogen-bond donors (Lipinski definition) is 2. The van der Waals surface area contributed by atoms with Crippen LogP contribution < -0.4 is 15.5 Å². The highest BCUT2D eigenvalue weighted by Gasteiger charge is 2.22. The number of rotatable bonds is 6. The number of anilines is 1. The van der Waals surface area contributed by atoms with Gasteiger partial charge in [-0.2, -0.15) is 0 Å². The highest BCUT2D eigenvalue weighted by atomic mass is 32.2. The monoisotopic (exact) mass is 402 g/mol. The van der Waals surface area contributed by atoms with Crippen molar-refractivity contribution < 1.29 is 14.0 Å². The number of piperazine rings is 1. The van der Waals surface area contributed by atoms with Gasteiger partial charge in [0.15, 0.2) is 0 Å². The number of hydrogen-bond acceptors (Lipinski definition) is 5. The molecule has 0 unspecified atom stereocenters. The van der Waals surface area contributed by atoms with E-state index in [4.69, 9.17) is 0 Å². The maximum atomic E-state index is 13.3. The fourth-order valence-corrected chi connectivity index (χ4v) is 3.89. The van der Waals surface area contributed by atoms with E-state index < -0.39 is 0 Å². The number of halogens is 1. The molecule has 2 heterocycles. The lowest BCUT2D eigenvalue weighted by Gasteiger charge is -2.28. The van der Waals surface area contributed by atoms with Crippen molar-refractivity contribution in [3.63, 3.8) is 0 Å². The summed E-state index contributed by atoms with van der Waals surface area (Å²) in [4.78, 5) is 31.1. The normalized spacial score (nSPS) is 14.0. The number of amides is 2. The van der Waals surface area contributed by atoms with Crippen molar-refractivity contribution in [3.05, 3.63) is 52.8 Å². The zero-order chi connectivity index (χ0) is 20.1. The van der Waals surface area contributed by atoms with E-state index in [-0.39, 0.29) is 30.7 Å². The van der Waals surface area contributed by atoms with Gasteiger partial charge in [-0.25, -0.2) is 9.37 Å². The molecule has 1 aromatic carbocycles. The molecule has 2 aromatic rings. The third-order valence-electron chi connectivity index (χ3n) is 4.38. The van der Waals surface area contributed by atoms with Gasteiger partial charge >= 0.3 is 0 Å². The van der Waals surface area contributed by atoms with E-state index in [1.54, 1.807) is 12.1 Å². The summed E-state index contributed by atoms with van der Waals surface area (Å²) in [6.45, 7) is 5.61. The minimum absolute atomic E-state index is 0.0349. The number of benzene rings is 1. The largest absolute Gasteiger partial charge is 0.353 e. The van der Waals surface area contributed by atoms with Crippen molar-refractivity contribution in [2.24, 2.45) is 0 Å². The Labute approximate surface area is 167 Å². The molecule has 0 atom stereocenters. The molecule has 1 aliphatic heterocycles. The molecule has 0 spiro atoms. The summed E-state index contributed by atoms with van der Waals surface area (Å²) in [6, 6.07) is 7.99. The van der Waals surface area contributed by atoms with Crippen molar-refractivity contribution in [2.75, 3.05) is 30.3 Å². The fourth-order valence-electron chi connectivity index (χ4n) is 3.06. The molecule has 0 radical (unpaired) electrons. The molecule has 148 valence electrons. The van der Waals surface area contributed by atoms with Gasteiger partial charge < -0.3 is 15.5 Å². The Hall–Kier alpha value is -2.61. The van der Waals surface area contributed by atoms with E-state index in [9.17, 15) is 14.0 Å². The van der Waals surface area contributed by atoms with E-state index in [0.717, 1.165) is 11.3 Å². The van der Waals surface area contributed by atoms with Crippen molar-refractivity contribution in [1.29, 1.82) is 0 Å². The molecule has 6 nitrogen and oxygen atoms in total. The summed E-state index contributed by atoms with van der Waals surface area (Å²) in [7, 11) is 0. The number of pyridine rings is 1. The smallest absolute Gasteiger partial charge is 0.254 e. The van der Waals surface area contributed by atoms with Crippen molar-refractivity contribution in [2.45, 2.75) is 25.4 Å². The van der Waals surface area contributed by atoms with Crippen molar-refractivity contribution in [3.8, 4) is 0 Å². The van der Waals surface area contributed by atoms with Crippen LogP contribution in [-0.4, -0.2) is 42.2 Å². The number of nitrogens with one attached hydrogen (secondary N) is 2. The zero-order valence-electron chi connectivity index (χ0n) is 15.9. The van der Waals surface area contributed by atoms with Crippen LogP contribution in [0.5, 0.6) is 0 Å². The quantitative estimate of drug-likeness (QED) is 0.727. The number of aromatic nitrogens is 1. The van der Waals surface area contributed by atoms with Gasteiger partial charge in [0, 0.05) is 19.6 Å². The topological polar surface area (TPSA) is 74.3 Å². The molecule has 1 fully saturated rings. The Morgan fingerprint density at radius 1 is 1.39 bits per heavy atom. The highest BCUT2D eigenvalue weighted by Crippen LogP contribution is 2.28. The molecule has 28 heavy (non-hydrogen) atoms. The molecule has 8 heteroatoms. The van der Waals surface area contributed by atoms with Crippen LogP contribution in [0.3, 0.4) is 0 Å². The number of carbonyl (C=O) groups is 2. The van der Waals surface area contributed by atoms with Gasteiger partial charge in [0.05, 0.1) is 12.1 Å². The lowest BCUT2D eigenvalue weighted by atomic mass is 10.1. The van der Waals surface area contributed by atoms with E-state index in [2.05, 4.69) is 15.6 Å². The number of thioether (sulfide) groups is 1. The summed E-state index contributed by atoms with van der Waals surface area (Å²) in [6.07, 6.45) is 0. The molecule has 2 N–H and O–H groups in total. The van der Waals surface area contributed by atoms with E-state index in [1.807, 2.05) is 24.8 Å². The fraction of sp³-hybridized carbons (Fsp3) is 0.350. The molecule has 0 bridgehead atoms. The predicted octanol–water partition coefficient (Wildman–Crippen LogP) is 2.51. The van der Waals surface area contributed by atoms with Gasteiger partial charge in [-0.15, -0.1) is 11.8 Å². The van der Waals surface area contributed by atoms with Crippen LogP contribution in [0.15, 0.2) is 35.4 Å². The average Bonchev–Trinajstić information content (AvgIpc) is 2.66. The molecule has 0 aliphatic carbocycles. The van der Waals surface area contributed by atoms with E-state index in [0.29, 0.717) is 35.1 Å². The average molecular weight is 402 g/mol. The Bertz CT molecular complexity index is 891. The van der Waals surface area contributed by atoms with Crippen LogP contribution in [0.25, 0.3) is 0 Å². The Morgan fingerprint density at radius 3 is 2.93 bits per heavy atom. The first-order valence-corrected chi connectivity index (χ1v) is 10.1. The first kappa shape index (κ1) is 20.1. The van der Waals surface area contributed by atoms with Gasteiger partial charge in [0.25, 0.3) is 5.91 Å². The maximum absolute atomic E-state index is 13.3. The highest BCUT2D eigenvalue weighted by molar-refractivity contribution is 7.99. The Morgan fingerprint density at radius 2 is 2.21 bits per heavy atom. The molecular weight excluding hydrogens is 379 g/mol. The van der Waals surface area contributed by atoms with E-state index >= 15 is 0 Å². The zero-order valence-corrected chi connectivity index (χ0v) is 16.7. The first-order chi connectivity index (χ1) is 13.5. The molecule has 2 amide bonds. The lowest BCUT2D eigenvalue weighted by molar-refractivity contribution is -0.120. The van der Waals surface area contributed by atoms with Crippen molar-refractivity contribution >= 4 is 29.4 Å². The third-order valence-corrected chi connectivity index (χ3v) is 5.24. The van der Waals surface area contributed by atoms with Gasteiger partial charge in [-0.05, 0) is 42.0 Å². The number of aryl methyl sites for hydroxylation is 1. The minimum atomic E-state index is -0.332. The van der Waals surface area contributed by atoms with Gasteiger partial charge in [-0.1, -0.05) is 19.1 Å². The van der Waals surface area contributed by atoms with Crippen LogP contribution in [0.1, 0.15) is 28.4 Å². The van der Waals surface area contributed by atoms with Gasteiger partial charge in [0.1, 0.15) is 16.7 Å². The van der Waals surface area contributed by atoms with Crippen LogP contribution in [0.2, 0.25) is 0 Å². The van der Waals surface area contributed by atoms with Crippen molar-refractivity contribution in [1.82, 2.24) is 15.6 Å². The lowest BCUT2D eigenvalue weighted by Crippen LogP contribution is -2.48. The summed E-state index contributed by atoms with van der Waals surface area (Å²) in [5.74, 6) is 0.854. The molecule has 3 rings (SSSR count). The second-order valence-electron chi connectivity index (χ2n) is 6.49. The van der Waals surface area contributed by atoms with Gasteiger partial charge in [0.2, 0.25) is 5.91 Å². The first-order valence-electron chi connectivity index (χ1n) is 9.16. The summed E-state index contributed by atoms with van der Waals surface area (Å²) >= 11 is 1.49. The Balaban J connectivity index is 1.82. The molecule has 1 aliphatic rings. The standard InChI is InChI=1S/C20H23FN4O2S/c1-3-28-20-18(19(27)23-11-14-5-4-6-15(21)10-14)13(2)9-16(24-20)25-8-7-22-17(26)12-25/h4-6,9-10H,3,7-8,11-12H2,1-2H3,(H,22,26)(H,23,27). The van der Waals surface area contributed by atoms with Gasteiger partial charge in [-0.3, -0.25) is 9.59 Å². The van der Waals surface area contributed by atoms with Crippen LogP contribution >= 0.6 is 11.8 Å². The molecule has 1 saturated heterocycles. The number of carbonyl (C=O) groups excluding carboxylic acids is 2. The summed E-state index contributed by atoms with van der Waals surface area (Å²) < 4.78 is 13.3. The second-order valence-corrected chi connectivity index (χ2v) is 7.75. The minimum Gasteiger partial charge on any atom is -0.353 e. The number of nitrogens with zero attached hydrogens (tertiary/aromatic N) is 2.